The maximum absolute atomic E-state index is 13.0. The number of carbonyl (C=O) groups excluding carboxylic acids is 1. The second kappa shape index (κ2) is 13.4. The minimum absolute atomic E-state index is 0.167. The average molecular weight is 554 g/mol. The summed E-state index contributed by atoms with van der Waals surface area (Å²) in [7, 11) is 3.27. The fraction of sp³-hybridized carbons (Fsp3) is 0.265. The van der Waals surface area contributed by atoms with E-state index < -0.39 is 24.4 Å². The van der Waals surface area contributed by atoms with E-state index in [1.165, 1.54) is 0 Å². The van der Waals surface area contributed by atoms with E-state index in [-0.39, 0.29) is 19.1 Å². The van der Waals surface area contributed by atoms with Gasteiger partial charge in [0.15, 0.2) is 0 Å². The third-order valence-corrected chi connectivity index (χ3v) is 7.43. The van der Waals surface area contributed by atoms with Crippen molar-refractivity contribution in [2.45, 2.75) is 24.9 Å². The molecule has 1 amide bonds. The molecule has 0 spiro atoms. The number of amides is 1. The van der Waals surface area contributed by atoms with Gasteiger partial charge in [-0.05, 0) is 46.5 Å². The number of likely N-dealkylation sites (tertiary alicyclic amines) is 1. The SMILES string of the molecule is COc1ccc(C(OC(c2ccccc2)C2CN(C(=O)OCc3ccccc3)CC2O)c2ccc(OC)cc2)cc1. The van der Waals surface area contributed by atoms with Crippen LogP contribution in [0.2, 0.25) is 0 Å². The molecule has 1 aliphatic rings. The van der Waals surface area contributed by atoms with Crippen LogP contribution < -0.4 is 9.47 Å². The fourth-order valence-electron chi connectivity index (χ4n) is 5.19. The third-order valence-electron chi connectivity index (χ3n) is 7.43. The molecule has 5 rings (SSSR count). The van der Waals surface area contributed by atoms with Gasteiger partial charge in [-0.1, -0.05) is 84.9 Å². The Labute approximate surface area is 240 Å². The summed E-state index contributed by atoms with van der Waals surface area (Å²) < 4.78 is 23.3. The van der Waals surface area contributed by atoms with Crippen molar-refractivity contribution in [3.63, 3.8) is 0 Å². The average Bonchev–Trinajstić information content (AvgIpc) is 3.42. The van der Waals surface area contributed by atoms with E-state index in [1.807, 2.05) is 109 Å². The maximum atomic E-state index is 13.0. The van der Waals surface area contributed by atoms with Crippen molar-refractivity contribution in [1.29, 1.82) is 0 Å². The molecule has 4 aromatic rings. The normalized spacial score (nSPS) is 17.3. The van der Waals surface area contributed by atoms with Crippen LogP contribution in [0.4, 0.5) is 4.79 Å². The predicted octanol–water partition coefficient (Wildman–Crippen LogP) is 6.18. The number of aliphatic hydroxyl groups is 1. The third kappa shape index (κ3) is 6.88. The van der Waals surface area contributed by atoms with Crippen LogP contribution in [-0.2, 0) is 16.1 Å². The zero-order valence-corrected chi connectivity index (χ0v) is 23.3. The fourth-order valence-corrected chi connectivity index (χ4v) is 5.19. The van der Waals surface area contributed by atoms with E-state index in [1.54, 1.807) is 19.1 Å². The van der Waals surface area contributed by atoms with Crippen molar-refractivity contribution < 1.29 is 28.8 Å². The van der Waals surface area contributed by atoms with Crippen LogP contribution in [0.15, 0.2) is 109 Å². The van der Waals surface area contributed by atoms with E-state index in [9.17, 15) is 9.90 Å². The lowest BCUT2D eigenvalue weighted by molar-refractivity contribution is -0.0512. The van der Waals surface area contributed by atoms with Crippen LogP contribution in [0.25, 0.3) is 0 Å². The Morgan fingerprint density at radius 1 is 0.756 bits per heavy atom. The summed E-state index contributed by atoms with van der Waals surface area (Å²) in [5.74, 6) is 1.12. The van der Waals surface area contributed by atoms with Crippen molar-refractivity contribution in [3.8, 4) is 11.5 Å². The molecule has 1 aliphatic heterocycles. The van der Waals surface area contributed by atoms with Gasteiger partial charge in [-0.15, -0.1) is 0 Å². The van der Waals surface area contributed by atoms with Crippen LogP contribution >= 0.6 is 0 Å². The summed E-state index contributed by atoms with van der Waals surface area (Å²) in [5.41, 5.74) is 3.69. The van der Waals surface area contributed by atoms with Gasteiger partial charge in [0.25, 0.3) is 0 Å². The number of benzene rings is 4. The molecule has 0 aromatic heterocycles. The molecule has 7 nitrogen and oxygen atoms in total. The lowest BCUT2D eigenvalue weighted by atomic mass is 9.91. The highest BCUT2D eigenvalue weighted by Crippen LogP contribution is 2.40. The Kier molecular flexibility index (Phi) is 9.19. The van der Waals surface area contributed by atoms with E-state index in [0.717, 1.165) is 33.8 Å². The summed E-state index contributed by atoms with van der Waals surface area (Å²) in [6.07, 6.45) is -2.21. The van der Waals surface area contributed by atoms with Crippen LogP contribution in [0.3, 0.4) is 0 Å². The van der Waals surface area contributed by atoms with Gasteiger partial charge in [-0.2, -0.15) is 0 Å². The molecule has 0 saturated carbocycles. The highest BCUT2D eigenvalue weighted by atomic mass is 16.6. The number of carbonyl (C=O) groups is 1. The van der Waals surface area contributed by atoms with Crippen molar-refractivity contribution >= 4 is 6.09 Å². The minimum Gasteiger partial charge on any atom is -0.497 e. The molecule has 0 radical (unpaired) electrons. The van der Waals surface area contributed by atoms with Gasteiger partial charge in [-0.25, -0.2) is 4.79 Å². The molecule has 4 aromatic carbocycles. The number of methoxy groups -OCH3 is 2. The monoisotopic (exact) mass is 553 g/mol. The summed E-state index contributed by atoms with van der Waals surface area (Å²) in [6.45, 7) is 0.638. The van der Waals surface area contributed by atoms with Crippen LogP contribution in [0, 0.1) is 5.92 Å². The number of nitrogens with zero attached hydrogens (tertiary/aromatic N) is 1. The molecule has 0 bridgehead atoms. The Bertz CT molecular complexity index is 1330. The number of rotatable bonds is 10. The van der Waals surface area contributed by atoms with Crippen LogP contribution in [0.1, 0.15) is 34.5 Å². The first kappa shape index (κ1) is 28.2. The van der Waals surface area contributed by atoms with Crippen molar-refractivity contribution in [1.82, 2.24) is 4.90 Å². The minimum atomic E-state index is -0.795. The number of hydrogen-bond acceptors (Lipinski definition) is 6. The topological polar surface area (TPSA) is 77.5 Å². The van der Waals surface area contributed by atoms with Crippen LogP contribution in [0.5, 0.6) is 11.5 Å². The molecule has 1 saturated heterocycles. The lowest BCUT2D eigenvalue weighted by Gasteiger charge is -2.31. The first-order valence-electron chi connectivity index (χ1n) is 13.7. The summed E-state index contributed by atoms with van der Waals surface area (Å²) in [5, 5.41) is 11.3. The summed E-state index contributed by atoms with van der Waals surface area (Å²) in [4.78, 5) is 14.5. The first-order valence-corrected chi connectivity index (χ1v) is 13.7. The van der Waals surface area contributed by atoms with Gasteiger partial charge in [0, 0.05) is 12.5 Å². The molecule has 1 heterocycles. The van der Waals surface area contributed by atoms with Gasteiger partial charge in [0.05, 0.1) is 33.0 Å². The lowest BCUT2D eigenvalue weighted by Crippen LogP contribution is -2.30. The molecule has 0 aliphatic carbocycles. The molecule has 212 valence electrons. The molecular formula is C34H35NO6. The first-order chi connectivity index (χ1) is 20.1. The molecular weight excluding hydrogens is 518 g/mol. The van der Waals surface area contributed by atoms with Crippen molar-refractivity contribution in [2.24, 2.45) is 5.92 Å². The molecule has 1 fully saturated rings. The van der Waals surface area contributed by atoms with Crippen LogP contribution in [-0.4, -0.2) is 49.5 Å². The largest absolute Gasteiger partial charge is 0.497 e. The van der Waals surface area contributed by atoms with E-state index in [4.69, 9.17) is 18.9 Å². The van der Waals surface area contributed by atoms with E-state index in [2.05, 4.69) is 0 Å². The molecule has 1 N–H and O–H groups in total. The van der Waals surface area contributed by atoms with Crippen molar-refractivity contribution in [3.05, 3.63) is 131 Å². The standard InChI is InChI=1S/C34H35NO6/c1-38-28-17-13-26(14-18-28)32(27-15-19-29(39-2)20-16-27)41-33(25-11-7-4-8-12-25)30-21-35(22-31(30)36)34(37)40-23-24-9-5-3-6-10-24/h3-20,30-33,36H,21-23H2,1-2H3. The molecule has 3 atom stereocenters. The zero-order chi connectivity index (χ0) is 28.6. The van der Waals surface area contributed by atoms with Gasteiger partial charge < -0.3 is 29.0 Å². The summed E-state index contributed by atoms with van der Waals surface area (Å²) >= 11 is 0. The zero-order valence-electron chi connectivity index (χ0n) is 23.3. The highest BCUT2D eigenvalue weighted by Gasteiger charge is 2.42. The maximum Gasteiger partial charge on any atom is 0.410 e. The van der Waals surface area contributed by atoms with Gasteiger partial charge in [0.1, 0.15) is 24.2 Å². The molecule has 3 unspecified atom stereocenters. The second-order valence-corrected chi connectivity index (χ2v) is 10.1. The van der Waals surface area contributed by atoms with Gasteiger partial charge >= 0.3 is 6.09 Å². The Hall–Kier alpha value is -4.33. The number of ether oxygens (including phenoxy) is 4. The van der Waals surface area contributed by atoms with Gasteiger partial charge in [0.2, 0.25) is 0 Å². The number of aliphatic hydroxyl groups excluding tert-OH is 1. The van der Waals surface area contributed by atoms with E-state index >= 15 is 0 Å². The Morgan fingerprint density at radius 2 is 1.29 bits per heavy atom. The Morgan fingerprint density at radius 3 is 1.83 bits per heavy atom. The second-order valence-electron chi connectivity index (χ2n) is 10.1. The number of hydrogen-bond donors (Lipinski definition) is 1. The molecule has 7 heteroatoms. The van der Waals surface area contributed by atoms with Gasteiger partial charge in [-0.3, -0.25) is 0 Å². The predicted molar refractivity (Wildman–Crippen MR) is 156 cm³/mol. The van der Waals surface area contributed by atoms with Crippen molar-refractivity contribution in [2.75, 3.05) is 27.3 Å². The number of β-amino-alcohol motifs (C(OH)–C–C–N with tert-alkyl or cyclic N) is 1. The molecule has 41 heavy (non-hydrogen) atoms. The highest BCUT2D eigenvalue weighted by molar-refractivity contribution is 5.68. The van der Waals surface area contributed by atoms with E-state index in [0.29, 0.717) is 6.54 Å². The quantitative estimate of drug-likeness (QED) is 0.253. The Balaban J connectivity index is 1.42. The summed E-state index contributed by atoms with van der Waals surface area (Å²) in [6, 6.07) is 34.9. The smallest absolute Gasteiger partial charge is 0.410 e.